The Hall–Kier alpha value is -2.90. The third-order valence-electron chi connectivity index (χ3n) is 12.6. The summed E-state index contributed by atoms with van der Waals surface area (Å²) in [7, 11) is -1.88. The van der Waals surface area contributed by atoms with E-state index in [0.717, 1.165) is 0 Å². The number of fused-ring (bicyclic) bond motifs is 2. The van der Waals surface area contributed by atoms with Crippen LogP contribution in [0, 0.1) is 17.8 Å². The Balaban J connectivity index is 1.46. The maximum absolute atomic E-state index is 2.59. The summed E-state index contributed by atoms with van der Waals surface area (Å²) in [6, 6.07) is 36.4. The fraction of sp³-hybridized carbons (Fsp3) is 0.478. The highest BCUT2D eigenvalue weighted by Gasteiger charge is 2.55. The molecule has 0 saturated heterocycles. The van der Waals surface area contributed by atoms with Crippen molar-refractivity contribution in [2.45, 2.75) is 123 Å². The molecular weight excluding hydrogens is 581 g/mol. The minimum absolute atomic E-state index is 0.169. The number of hydrogen-bond donors (Lipinski definition) is 0. The van der Waals surface area contributed by atoms with Crippen LogP contribution in [0.5, 0.6) is 0 Å². The van der Waals surface area contributed by atoms with Crippen LogP contribution in [0.3, 0.4) is 0 Å². The number of rotatable bonds is 7. The second kappa shape index (κ2) is 12.5. The van der Waals surface area contributed by atoms with Crippen molar-refractivity contribution >= 4 is 8.07 Å². The van der Waals surface area contributed by atoms with Gasteiger partial charge in [-0.1, -0.05) is 173 Å². The zero-order chi connectivity index (χ0) is 33.9. The van der Waals surface area contributed by atoms with Crippen LogP contribution in [-0.2, 0) is 23.7 Å². The summed E-state index contributed by atoms with van der Waals surface area (Å²) in [5, 5.41) is 0. The van der Waals surface area contributed by atoms with Gasteiger partial charge in [-0.05, 0) is 108 Å². The van der Waals surface area contributed by atoms with Gasteiger partial charge < -0.3 is 0 Å². The third kappa shape index (κ3) is 5.90. The van der Waals surface area contributed by atoms with Crippen LogP contribution in [0.15, 0.2) is 84.9 Å². The average Bonchev–Trinajstić information content (AvgIpc) is 3.60. The van der Waals surface area contributed by atoms with Gasteiger partial charge in [0.2, 0.25) is 0 Å². The van der Waals surface area contributed by atoms with Crippen LogP contribution in [0.1, 0.15) is 121 Å². The predicted octanol–water partition coefficient (Wildman–Crippen LogP) is 13.1. The molecule has 0 saturated carbocycles. The van der Waals surface area contributed by atoms with Crippen molar-refractivity contribution in [2.75, 3.05) is 0 Å². The molecule has 0 radical (unpaired) electrons. The number of benzene rings is 4. The molecular formula is C46H60Si. The van der Waals surface area contributed by atoms with Crippen molar-refractivity contribution in [2.24, 2.45) is 17.8 Å². The lowest BCUT2D eigenvalue weighted by molar-refractivity contribution is 0.379. The normalized spacial score (nSPS) is 21.3. The first-order chi connectivity index (χ1) is 22.2. The molecule has 248 valence electrons. The molecule has 0 heterocycles. The molecule has 0 N–H and O–H groups in total. The van der Waals surface area contributed by atoms with Crippen molar-refractivity contribution < 1.29 is 0 Å². The van der Waals surface area contributed by atoms with Crippen molar-refractivity contribution in [3.63, 3.8) is 0 Å². The Morgan fingerprint density at radius 1 is 0.596 bits per heavy atom. The van der Waals surface area contributed by atoms with E-state index in [-0.39, 0.29) is 10.8 Å². The third-order valence-corrected chi connectivity index (χ3v) is 19.3. The van der Waals surface area contributed by atoms with Crippen molar-refractivity contribution in [3.05, 3.63) is 118 Å². The van der Waals surface area contributed by atoms with Gasteiger partial charge in [0.15, 0.2) is 0 Å². The first kappa shape index (κ1) is 34.0. The highest BCUT2D eigenvalue weighted by molar-refractivity contribution is 6.82. The van der Waals surface area contributed by atoms with Crippen molar-refractivity contribution in [1.29, 1.82) is 0 Å². The van der Waals surface area contributed by atoms with Crippen LogP contribution in [0.25, 0.3) is 22.3 Å². The average molecular weight is 641 g/mol. The molecule has 4 atom stereocenters. The summed E-state index contributed by atoms with van der Waals surface area (Å²) in [5.41, 5.74) is 16.9. The van der Waals surface area contributed by atoms with Crippen LogP contribution in [0.4, 0.5) is 0 Å². The fourth-order valence-electron chi connectivity index (χ4n) is 9.97. The van der Waals surface area contributed by atoms with Gasteiger partial charge in [0.1, 0.15) is 0 Å². The molecule has 4 aromatic carbocycles. The van der Waals surface area contributed by atoms with Gasteiger partial charge in [0, 0.05) is 0 Å². The van der Waals surface area contributed by atoms with Gasteiger partial charge in [0.05, 0.1) is 8.07 Å². The van der Waals surface area contributed by atoms with E-state index < -0.39 is 8.07 Å². The van der Waals surface area contributed by atoms with Crippen LogP contribution in [-0.4, -0.2) is 8.07 Å². The Kier molecular flexibility index (Phi) is 9.05. The molecule has 0 aliphatic heterocycles. The van der Waals surface area contributed by atoms with Gasteiger partial charge in [-0.15, -0.1) is 0 Å². The molecule has 4 unspecified atom stereocenters. The molecule has 0 bridgehead atoms. The molecule has 47 heavy (non-hydrogen) atoms. The molecule has 0 fully saturated rings. The SMILES string of the molecule is CC[Si](CC)(C1c2cccc(-c3ccc(C(C)(C)C)cc3)c2CC1C)C1c2cccc(-c3ccc(C(C)(C)C)cc3)c2CC1C(C)C. The zero-order valence-corrected chi connectivity index (χ0v) is 32.3. The molecule has 0 spiro atoms. The van der Waals surface area contributed by atoms with E-state index in [2.05, 4.69) is 161 Å². The molecule has 4 aromatic rings. The van der Waals surface area contributed by atoms with Gasteiger partial charge >= 0.3 is 0 Å². The van der Waals surface area contributed by atoms with Crippen LogP contribution < -0.4 is 0 Å². The molecule has 2 aliphatic carbocycles. The highest BCUT2D eigenvalue weighted by Crippen LogP contribution is 2.59. The molecule has 0 nitrogen and oxygen atoms in total. The lowest BCUT2D eigenvalue weighted by Crippen LogP contribution is -2.50. The lowest BCUT2D eigenvalue weighted by Gasteiger charge is -2.47. The van der Waals surface area contributed by atoms with E-state index in [1.165, 1.54) is 58.3 Å². The van der Waals surface area contributed by atoms with Crippen LogP contribution in [0.2, 0.25) is 12.1 Å². The highest BCUT2D eigenvalue weighted by atomic mass is 28.3. The summed E-state index contributed by atoms with van der Waals surface area (Å²) in [4.78, 5) is 0. The quantitative estimate of drug-likeness (QED) is 0.176. The topological polar surface area (TPSA) is 0 Å². The van der Waals surface area contributed by atoms with Crippen molar-refractivity contribution in [1.82, 2.24) is 0 Å². The standard InChI is InChI=1S/C46H60Si/c1-12-47(13-2,43-31(5)28-41-36(16-14-18-38(41)43)32-20-24-34(25-21-32)45(6,7)8)44-39-19-15-17-37(42(39)29-40(44)30(3)4)33-22-26-35(27-23-33)46(9,10)11/h14-27,30-31,40,43-44H,12-13,28-29H2,1-11H3. The van der Waals surface area contributed by atoms with E-state index in [9.17, 15) is 0 Å². The van der Waals surface area contributed by atoms with Gasteiger partial charge in [0.25, 0.3) is 0 Å². The Morgan fingerprint density at radius 2 is 1.02 bits per heavy atom. The molecule has 1 heteroatoms. The second-order valence-electron chi connectivity index (χ2n) is 17.6. The molecule has 0 amide bonds. The van der Waals surface area contributed by atoms with E-state index in [0.29, 0.717) is 28.8 Å². The molecule has 6 rings (SSSR count). The summed E-state index contributed by atoms with van der Waals surface area (Å²) >= 11 is 0. The second-order valence-corrected chi connectivity index (χ2v) is 22.7. The first-order valence-electron chi connectivity index (χ1n) is 18.7. The zero-order valence-electron chi connectivity index (χ0n) is 31.3. The van der Waals surface area contributed by atoms with E-state index in [4.69, 9.17) is 0 Å². The van der Waals surface area contributed by atoms with Crippen molar-refractivity contribution in [3.8, 4) is 22.3 Å². The Bertz CT molecular complexity index is 1700. The minimum atomic E-state index is -1.88. The largest absolute Gasteiger partial charge is 0.0689 e. The summed E-state index contributed by atoms with van der Waals surface area (Å²) < 4.78 is 0. The summed E-state index contributed by atoms with van der Waals surface area (Å²) in [6.07, 6.45) is 2.43. The van der Waals surface area contributed by atoms with Gasteiger partial charge in [-0.25, -0.2) is 0 Å². The van der Waals surface area contributed by atoms with Gasteiger partial charge in [-0.2, -0.15) is 0 Å². The minimum Gasteiger partial charge on any atom is -0.0677 e. The fourth-order valence-corrected chi connectivity index (χ4v) is 17.0. The molecule has 2 aliphatic rings. The lowest BCUT2D eigenvalue weighted by atomic mass is 9.85. The Morgan fingerprint density at radius 3 is 1.43 bits per heavy atom. The maximum Gasteiger partial charge on any atom is 0.0689 e. The Labute approximate surface area is 288 Å². The predicted molar refractivity (Wildman–Crippen MR) is 208 cm³/mol. The molecule has 0 aromatic heterocycles. The number of hydrogen-bond acceptors (Lipinski definition) is 0. The van der Waals surface area contributed by atoms with Crippen LogP contribution >= 0.6 is 0 Å². The van der Waals surface area contributed by atoms with E-state index in [1.54, 1.807) is 22.3 Å². The van der Waals surface area contributed by atoms with Gasteiger partial charge in [-0.3, -0.25) is 0 Å². The summed E-state index contributed by atoms with van der Waals surface area (Å²) in [5.74, 6) is 2.05. The smallest absolute Gasteiger partial charge is 0.0677 e. The van der Waals surface area contributed by atoms with E-state index >= 15 is 0 Å². The van der Waals surface area contributed by atoms with E-state index in [1.807, 2.05) is 0 Å². The first-order valence-corrected chi connectivity index (χ1v) is 21.2. The maximum atomic E-state index is 2.59. The summed E-state index contributed by atoms with van der Waals surface area (Å²) in [6.45, 7) is 26.6. The monoisotopic (exact) mass is 640 g/mol.